The summed E-state index contributed by atoms with van der Waals surface area (Å²) in [6, 6.07) is 1.13. The lowest BCUT2D eigenvalue weighted by Crippen LogP contribution is -2.21. The Morgan fingerprint density at radius 3 is 2.76 bits per heavy atom. The van der Waals surface area contributed by atoms with Gasteiger partial charge in [-0.3, -0.25) is 0 Å². The third-order valence-corrected chi connectivity index (χ3v) is 3.82. The van der Waals surface area contributed by atoms with E-state index in [9.17, 15) is 4.79 Å². The van der Waals surface area contributed by atoms with Gasteiger partial charge in [0, 0.05) is 18.0 Å². The zero-order chi connectivity index (χ0) is 18.0. The van der Waals surface area contributed by atoms with Crippen LogP contribution in [0, 0.1) is 0 Å². The number of carbonyl (C=O) groups is 1. The molecule has 0 saturated heterocycles. The second-order valence-corrected chi connectivity index (χ2v) is 6.02. The van der Waals surface area contributed by atoms with Crippen molar-refractivity contribution in [3.05, 3.63) is 41.4 Å². The van der Waals surface area contributed by atoms with Crippen LogP contribution in [0.15, 0.2) is 30.9 Å². The Balaban J connectivity index is 1.82. The van der Waals surface area contributed by atoms with E-state index >= 15 is 0 Å². The number of urea groups is 1. The number of nitrogens with one attached hydrogen (secondary N) is 2. The van der Waals surface area contributed by atoms with E-state index < -0.39 is 6.03 Å². The predicted molar refractivity (Wildman–Crippen MR) is 95.5 cm³/mol. The number of ether oxygens (including phenoxy) is 1. The van der Waals surface area contributed by atoms with Crippen LogP contribution >= 0.6 is 11.6 Å². The molecular formula is C16H17ClN6O2. The average molecular weight is 361 g/mol. The molecule has 0 spiro atoms. The Bertz CT molecular complexity index is 924. The van der Waals surface area contributed by atoms with Crippen LogP contribution in [0.4, 0.5) is 16.2 Å². The number of amides is 2. The molecule has 3 aromatic heterocycles. The molecule has 0 bridgehead atoms. The van der Waals surface area contributed by atoms with Crippen LogP contribution in [0.1, 0.15) is 25.3 Å². The van der Waals surface area contributed by atoms with Gasteiger partial charge in [-0.1, -0.05) is 25.4 Å². The maximum Gasteiger partial charge on any atom is 0.323 e. The van der Waals surface area contributed by atoms with Crippen molar-refractivity contribution in [2.45, 2.75) is 19.8 Å². The lowest BCUT2D eigenvalue weighted by atomic mass is 10.0. The van der Waals surface area contributed by atoms with E-state index in [4.69, 9.17) is 16.3 Å². The van der Waals surface area contributed by atoms with E-state index in [1.54, 1.807) is 29.2 Å². The van der Waals surface area contributed by atoms with E-state index in [-0.39, 0.29) is 5.92 Å². The summed E-state index contributed by atoms with van der Waals surface area (Å²) in [6.45, 7) is 4.06. The second-order valence-electron chi connectivity index (χ2n) is 5.62. The number of pyridine rings is 1. The predicted octanol–water partition coefficient (Wildman–Crippen LogP) is 3.55. The van der Waals surface area contributed by atoms with Gasteiger partial charge in [-0.15, -0.1) is 0 Å². The monoisotopic (exact) mass is 360 g/mol. The molecule has 2 amide bonds. The van der Waals surface area contributed by atoms with Gasteiger partial charge in [0.1, 0.15) is 5.02 Å². The molecule has 0 saturated carbocycles. The number of halogens is 1. The summed E-state index contributed by atoms with van der Waals surface area (Å²) in [5, 5.41) is 10.0. The molecule has 0 radical (unpaired) electrons. The van der Waals surface area contributed by atoms with Crippen LogP contribution in [-0.2, 0) is 0 Å². The van der Waals surface area contributed by atoms with Crippen LogP contribution in [0.3, 0.4) is 0 Å². The summed E-state index contributed by atoms with van der Waals surface area (Å²) in [5.74, 6) is 0.448. The molecule has 130 valence electrons. The summed E-state index contributed by atoms with van der Waals surface area (Å²) < 4.78 is 6.66. The lowest BCUT2D eigenvalue weighted by Gasteiger charge is -2.15. The number of hydrogen-bond acceptors (Lipinski definition) is 5. The van der Waals surface area contributed by atoms with Gasteiger partial charge >= 0.3 is 6.03 Å². The molecule has 8 nitrogen and oxygen atoms in total. The number of anilines is 2. The van der Waals surface area contributed by atoms with E-state index in [2.05, 4.69) is 25.7 Å². The minimum absolute atomic E-state index is 0.153. The van der Waals surface area contributed by atoms with Crippen LogP contribution in [0.25, 0.3) is 5.65 Å². The molecule has 0 atom stereocenters. The van der Waals surface area contributed by atoms with Gasteiger partial charge in [0.25, 0.3) is 0 Å². The smallest absolute Gasteiger partial charge is 0.323 e. The molecule has 9 heteroatoms. The molecule has 0 aliphatic rings. The highest BCUT2D eigenvalue weighted by atomic mass is 35.5. The minimum atomic E-state index is -0.428. The number of methoxy groups -OCH3 is 1. The Hall–Kier alpha value is -2.87. The topological polar surface area (TPSA) is 93.4 Å². The fourth-order valence-corrected chi connectivity index (χ4v) is 2.73. The molecule has 3 rings (SSSR count). The first-order chi connectivity index (χ1) is 12.0. The van der Waals surface area contributed by atoms with E-state index in [0.29, 0.717) is 27.9 Å². The molecule has 0 aromatic carbocycles. The fraction of sp³-hybridized carbons (Fsp3) is 0.250. The van der Waals surface area contributed by atoms with Crippen molar-refractivity contribution in [3.8, 4) is 5.88 Å². The van der Waals surface area contributed by atoms with E-state index in [1.165, 1.54) is 13.3 Å². The number of rotatable bonds is 4. The third kappa shape index (κ3) is 3.48. The lowest BCUT2D eigenvalue weighted by molar-refractivity contribution is 0.262. The molecular weight excluding hydrogens is 344 g/mol. The number of fused-ring (bicyclic) bond motifs is 1. The number of aromatic nitrogens is 4. The maximum atomic E-state index is 12.3. The molecule has 3 heterocycles. The van der Waals surface area contributed by atoms with Crippen molar-refractivity contribution in [1.29, 1.82) is 0 Å². The van der Waals surface area contributed by atoms with Crippen LogP contribution in [0.2, 0.25) is 5.02 Å². The zero-order valence-corrected chi connectivity index (χ0v) is 14.7. The highest BCUT2D eigenvalue weighted by molar-refractivity contribution is 6.32. The number of imidazole rings is 1. The van der Waals surface area contributed by atoms with Crippen LogP contribution in [0.5, 0.6) is 5.88 Å². The fourth-order valence-electron chi connectivity index (χ4n) is 2.49. The van der Waals surface area contributed by atoms with Gasteiger partial charge in [-0.2, -0.15) is 5.10 Å². The SMILES string of the molecule is COc1ncc(NC(=O)Nc2cnn3ccnc3c2C(C)C)cc1Cl. The van der Waals surface area contributed by atoms with Gasteiger partial charge < -0.3 is 15.4 Å². The normalized spacial score (nSPS) is 10.9. The van der Waals surface area contributed by atoms with Crippen LogP contribution < -0.4 is 15.4 Å². The van der Waals surface area contributed by atoms with Crippen molar-refractivity contribution >= 4 is 34.7 Å². The summed E-state index contributed by atoms with van der Waals surface area (Å²) in [7, 11) is 1.47. The van der Waals surface area contributed by atoms with Gasteiger partial charge in [0.05, 0.1) is 30.9 Å². The molecule has 3 aromatic rings. The first-order valence-corrected chi connectivity index (χ1v) is 7.97. The van der Waals surface area contributed by atoms with Gasteiger partial charge in [-0.05, 0) is 12.0 Å². The van der Waals surface area contributed by atoms with E-state index in [1.807, 2.05) is 13.8 Å². The molecule has 25 heavy (non-hydrogen) atoms. The Labute approximate surface area is 149 Å². The summed E-state index contributed by atoms with van der Waals surface area (Å²) >= 11 is 6.01. The highest BCUT2D eigenvalue weighted by Crippen LogP contribution is 2.28. The first-order valence-electron chi connectivity index (χ1n) is 7.59. The summed E-state index contributed by atoms with van der Waals surface area (Å²) in [4.78, 5) is 20.6. The molecule has 0 aliphatic carbocycles. The van der Waals surface area contributed by atoms with Crippen molar-refractivity contribution in [3.63, 3.8) is 0 Å². The number of nitrogens with zero attached hydrogens (tertiary/aromatic N) is 4. The molecule has 0 fully saturated rings. The van der Waals surface area contributed by atoms with Crippen molar-refractivity contribution in [2.24, 2.45) is 0 Å². The largest absolute Gasteiger partial charge is 0.480 e. The summed E-state index contributed by atoms with van der Waals surface area (Å²) in [6.07, 6.45) is 6.49. The Morgan fingerprint density at radius 2 is 2.08 bits per heavy atom. The first kappa shape index (κ1) is 17.0. The van der Waals surface area contributed by atoms with Gasteiger partial charge in [-0.25, -0.2) is 19.3 Å². The van der Waals surface area contributed by atoms with Crippen molar-refractivity contribution in [1.82, 2.24) is 19.6 Å². The quantitative estimate of drug-likeness (QED) is 0.742. The van der Waals surface area contributed by atoms with Gasteiger partial charge in [0.2, 0.25) is 5.88 Å². The maximum absolute atomic E-state index is 12.3. The minimum Gasteiger partial charge on any atom is -0.480 e. The number of carbonyl (C=O) groups excluding carboxylic acids is 1. The second kappa shape index (κ2) is 6.94. The highest BCUT2D eigenvalue weighted by Gasteiger charge is 2.16. The molecule has 2 N–H and O–H groups in total. The summed E-state index contributed by atoms with van der Waals surface area (Å²) in [5.41, 5.74) is 2.66. The standard InChI is InChI=1S/C16H17ClN6O2/c1-9(2)13-12(8-20-23-5-4-18-14(13)23)22-16(24)21-10-6-11(17)15(25-3)19-7-10/h4-9H,1-3H3,(H2,21,22,24). The third-order valence-electron chi connectivity index (χ3n) is 3.55. The Kier molecular flexibility index (Phi) is 4.71. The van der Waals surface area contributed by atoms with Gasteiger partial charge in [0.15, 0.2) is 5.65 Å². The molecule has 0 aliphatic heterocycles. The number of hydrogen-bond donors (Lipinski definition) is 2. The van der Waals surface area contributed by atoms with E-state index in [0.717, 1.165) is 5.56 Å². The zero-order valence-electron chi connectivity index (χ0n) is 13.9. The molecule has 0 unspecified atom stereocenters. The average Bonchev–Trinajstić information content (AvgIpc) is 3.02. The van der Waals surface area contributed by atoms with Crippen molar-refractivity contribution < 1.29 is 9.53 Å². The van der Waals surface area contributed by atoms with Crippen LogP contribution in [-0.4, -0.2) is 32.7 Å². The Morgan fingerprint density at radius 1 is 1.28 bits per heavy atom. The van der Waals surface area contributed by atoms with Crippen molar-refractivity contribution in [2.75, 3.05) is 17.7 Å².